The van der Waals surface area contributed by atoms with E-state index in [1.165, 1.54) is 0 Å². The standard InChI is InChI=1S/C11H9ClN2/c12-7-10-6-11(14-8-13-10)9-4-2-1-3-5-9/h1-6,8H,7H2. The maximum absolute atomic E-state index is 5.70. The van der Waals surface area contributed by atoms with Crippen LogP contribution in [0.5, 0.6) is 0 Å². The van der Waals surface area contributed by atoms with Crippen LogP contribution in [0.3, 0.4) is 0 Å². The van der Waals surface area contributed by atoms with Crippen LogP contribution in [0.15, 0.2) is 42.7 Å². The zero-order chi connectivity index (χ0) is 9.80. The van der Waals surface area contributed by atoms with Crippen LogP contribution in [-0.4, -0.2) is 9.97 Å². The SMILES string of the molecule is ClCc1cc(-c2ccccc2)ncn1. The second-order valence-corrected chi connectivity index (χ2v) is 3.16. The van der Waals surface area contributed by atoms with Gasteiger partial charge in [-0.1, -0.05) is 30.3 Å². The minimum Gasteiger partial charge on any atom is -0.240 e. The van der Waals surface area contributed by atoms with Crippen LogP contribution in [0.2, 0.25) is 0 Å². The summed E-state index contributed by atoms with van der Waals surface area (Å²) in [6.45, 7) is 0. The van der Waals surface area contributed by atoms with Crippen molar-refractivity contribution in [1.82, 2.24) is 9.97 Å². The number of aromatic nitrogens is 2. The topological polar surface area (TPSA) is 25.8 Å². The Morgan fingerprint density at radius 3 is 2.57 bits per heavy atom. The van der Waals surface area contributed by atoms with Crippen molar-refractivity contribution in [1.29, 1.82) is 0 Å². The summed E-state index contributed by atoms with van der Waals surface area (Å²) in [5.41, 5.74) is 2.85. The lowest BCUT2D eigenvalue weighted by atomic mass is 10.1. The summed E-state index contributed by atoms with van der Waals surface area (Å²) in [6.07, 6.45) is 1.54. The van der Waals surface area contributed by atoms with E-state index in [0.29, 0.717) is 5.88 Å². The van der Waals surface area contributed by atoms with Crippen LogP contribution in [0.25, 0.3) is 11.3 Å². The molecule has 0 saturated carbocycles. The maximum Gasteiger partial charge on any atom is 0.116 e. The third-order valence-corrected chi connectivity index (χ3v) is 2.20. The average Bonchev–Trinajstić information content (AvgIpc) is 2.30. The van der Waals surface area contributed by atoms with Gasteiger partial charge < -0.3 is 0 Å². The van der Waals surface area contributed by atoms with Gasteiger partial charge in [0.15, 0.2) is 0 Å². The van der Waals surface area contributed by atoms with Gasteiger partial charge in [-0.05, 0) is 6.07 Å². The molecular weight excluding hydrogens is 196 g/mol. The Morgan fingerprint density at radius 1 is 1.07 bits per heavy atom. The molecule has 2 rings (SSSR count). The van der Waals surface area contributed by atoms with E-state index in [1.807, 2.05) is 36.4 Å². The smallest absolute Gasteiger partial charge is 0.116 e. The fourth-order valence-electron chi connectivity index (χ4n) is 1.24. The number of hydrogen-bond acceptors (Lipinski definition) is 2. The number of alkyl halides is 1. The summed E-state index contributed by atoms with van der Waals surface area (Å²) in [5.74, 6) is 0.419. The number of rotatable bonds is 2. The van der Waals surface area contributed by atoms with Crippen molar-refractivity contribution in [2.75, 3.05) is 0 Å². The Hall–Kier alpha value is -1.41. The van der Waals surface area contributed by atoms with Crippen molar-refractivity contribution < 1.29 is 0 Å². The van der Waals surface area contributed by atoms with E-state index >= 15 is 0 Å². The lowest BCUT2D eigenvalue weighted by molar-refractivity contribution is 1.09. The summed E-state index contributed by atoms with van der Waals surface area (Å²) in [7, 11) is 0. The van der Waals surface area contributed by atoms with Crippen LogP contribution in [0.4, 0.5) is 0 Å². The lowest BCUT2D eigenvalue weighted by Crippen LogP contribution is -1.89. The van der Waals surface area contributed by atoms with Crippen LogP contribution >= 0.6 is 11.6 Å². The molecule has 0 radical (unpaired) electrons. The van der Waals surface area contributed by atoms with Gasteiger partial charge in [0, 0.05) is 5.56 Å². The van der Waals surface area contributed by atoms with E-state index in [9.17, 15) is 0 Å². The molecule has 2 aromatic rings. The van der Waals surface area contributed by atoms with Gasteiger partial charge in [-0.25, -0.2) is 9.97 Å². The van der Waals surface area contributed by atoms with Crippen molar-refractivity contribution in [3.05, 3.63) is 48.4 Å². The van der Waals surface area contributed by atoms with Crippen molar-refractivity contribution >= 4 is 11.6 Å². The fraction of sp³-hybridized carbons (Fsp3) is 0.0909. The molecule has 0 aliphatic heterocycles. The van der Waals surface area contributed by atoms with Crippen molar-refractivity contribution in [2.24, 2.45) is 0 Å². The molecule has 14 heavy (non-hydrogen) atoms. The quantitative estimate of drug-likeness (QED) is 0.703. The van der Waals surface area contributed by atoms with Crippen molar-refractivity contribution in [3.63, 3.8) is 0 Å². The predicted molar refractivity (Wildman–Crippen MR) is 57.0 cm³/mol. The van der Waals surface area contributed by atoms with Gasteiger partial charge in [0.2, 0.25) is 0 Å². The Kier molecular flexibility index (Phi) is 2.75. The molecule has 1 heterocycles. The van der Waals surface area contributed by atoms with Gasteiger partial charge in [-0.15, -0.1) is 11.6 Å². The molecule has 0 bridgehead atoms. The molecule has 0 N–H and O–H groups in total. The molecule has 1 aromatic heterocycles. The van der Waals surface area contributed by atoms with Gasteiger partial charge in [-0.2, -0.15) is 0 Å². The largest absolute Gasteiger partial charge is 0.240 e. The lowest BCUT2D eigenvalue weighted by Gasteiger charge is -2.00. The van der Waals surface area contributed by atoms with E-state index < -0.39 is 0 Å². The van der Waals surface area contributed by atoms with Crippen molar-refractivity contribution in [3.8, 4) is 11.3 Å². The Bertz CT molecular complexity index is 415. The fourth-order valence-corrected chi connectivity index (χ4v) is 1.38. The molecule has 0 fully saturated rings. The Morgan fingerprint density at radius 2 is 1.86 bits per heavy atom. The first-order chi connectivity index (χ1) is 6.90. The van der Waals surface area contributed by atoms with E-state index in [0.717, 1.165) is 17.0 Å². The van der Waals surface area contributed by atoms with E-state index in [-0.39, 0.29) is 0 Å². The van der Waals surface area contributed by atoms with Crippen LogP contribution in [0.1, 0.15) is 5.69 Å². The predicted octanol–water partition coefficient (Wildman–Crippen LogP) is 2.88. The molecule has 0 unspecified atom stereocenters. The molecule has 0 spiro atoms. The van der Waals surface area contributed by atoms with Gasteiger partial charge in [-0.3, -0.25) is 0 Å². The maximum atomic E-state index is 5.70. The second kappa shape index (κ2) is 4.20. The molecule has 1 aromatic carbocycles. The van der Waals surface area contributed by atoms with Gasteiger partial charge >= 0.3 is 0 Å². The van der Waals surface area contributed by atoms with Gasteiger partial charge in [0.1, 0.15) is 6.33 Å². The first-order valence-electron chi connectivity index (χ1n) is 4.32. The van der Waals surface area contributed by atoms with Crippen LogP contribution < -0.4 is 0 Å². The minimum absolute atomic E-state index is 0.419. The highest BCUT2D eigenvalue weighted by molar-refractivity contribution is 6.16. The third-order valence-electron chi connectivity index (χ3n) is 1.93. The first kappa shape index (κ1) is 9.16. The molecule has 0 atom stereocenters. The monoisotopic (exact) mass is 204 g/mol. The number of halogens is 1. The zero-order valence-electron chi connectivity index (χ0n) is 7.52. The first-order valence-corrected chi connectivity index (χ1v) is 4.86. The van der Waals surface area contributed by atoms with Crippen molar-refractivity contribution in [2.45, 2.75) is 5.88 Å². The molecule has 2 nitrogen and oxygen atoms in total. The number of benzene rings is 1. The normalized spacial score (nSPS) is 10.1. The summed E-state index contributed by atoms with van der Waals surface area (Å²) in [4.78, 5) is 8.23. The molecule has 70 valence electrons. The molecule has 0 aliphatic carbocycles. The molecule has 0 amide bonds. The van der Waals surface area contributed by atoms with E-state index in [4.69, 9.17) is 11.6 Å². The van der Waals surface area contributed by atoms with Gasteiger partial charge in [0.05, 0.1) is 17.3 Å². The molecule has 3 heteroatoms. The van der Waals surface area contributed by atoms with Crippen LogP contribution in [0, 0.1) is 0 Å². The number of nitrogens with zero attached hydrogens (tertiary/aromatic N) is 2. The Labute approximate surface area is 87.6 Å². The average molecular weight is 205 g/mol. The highest BCUT2D eigenvalue weighted by Crippen LogP contribution is 2.16. The molecular formula is C11H9ClN2. The summed E-state index contributed by atoms with van der Waals surface area (Å²) >= 11 is 5.70. The zero-order valence-corrected chi connectivity index (χ0v) is 8.28. The number of hydrogen-bond donors (Lipinski definition) is 0. The summed E-state index contributed by atoms with van der Waals surface area (Å²) in [6, 6.07) is 11.9. The summed E-state index contributed by atoms with van der Waals surface area (Å²) in [5, 5.41) is 0. The summed E-state index contributed by atoms with van der Waals surface area (Å²) < 4.78 is 0. The highest BCUT2D eigenvalue weighted by Gasteiger charge is 1.99. The van der Waals surface area contributed by atoms with E-state index in [1.54, 1.807) is 6.33 Å². The van der Waals surface area contributed by atoms with Gasteiger partial charge in [0.25, 0.3) is 0 Å². The van der Waals surface area contributed by atoms with Crippen LogP contribution in [-0.2, 0) is 5.88 Å². The molecule has 0 saturated heterocycles. The molecule has 0 aliphatic rings. The Balaban J connectivity index is 2.42. The minimum atomic E-state index is 0.419. The highest BCUT2D eigenvalue weighted by atomic mass is 35.5. The second-order valence-electron chi connectivity index (χ2n) is 2.89. The third kappa shape index (κ3) is 1.91. The van der Waals surface area contributed by atoms with E-state index in [2.05, 4.69) is 9.97 Å².